The van der Waals surface area contributed by atoms with Gasteiger partial charge >= 0.3 is 5.97 Å². The van der Waals surface area contributed by atoms with Crippen LogP contribution in [-0.2, 0) is 4.74 Å². The molecule has 170 valence electrons. The molecule has 1 saturated heterocycles. The topological polar surface area (TPSA) is 74.4 Å². The van der Waals surface area contributed by atoms with Crippen molar-refractivity contribution < 1.29 is 14.3 Å². The maximum atomic E-state index is 13.7. The first kappa shape index (κ1) is 24.4. The van der Waals surface area contributed by atoms with Crippen LogP contribution in [0.2, 0.25) is 0 Å². The molecule has 2 heterocycles. The van der Waals surface area contributed by atoms with Gasteiger partial charge in [-0.25, -0.2) is 4.79 Å². The number of nitrogens with one attached hydrogen (secondary N) is 2. The molecular weight excluding hydrogens is 378 g/mol. The summed E-state index contributed by atoms with van der Waals surface area (Å²) in [6.07, 6.45) is 3.57. The van der Waals surface area contributed by atoms with Gasteiger partial charge < -0.3 is 19.9 Å². The summed E-state index contributed by atoms with van der Waals surface area (Å²) in [5, 5.41) is 3.70. The number of rotatable bonds is 7. The van der Waals surface area contributed by atoms with Gasteiger partial charge in [0.05, 0.1) is 11.7 Å². The standard InChI is InChI=1S/C24H41N3O3/c1-10-11-12-27(18-13-23(6,7)26-24(8,9)14-18)21(28)20-16(4)19(17(5)25-20)22(29)30-15(2)3/h15,18,25-26H,10-14H2,1-9H3. The zero-order valence-corrected chi connectivity index (χ0v) is 20.4. The van der Waals surface area contributed by atoms with E-state index in [0.717, 1.165) is 32.2 Å². The Bertz CT molecular complexity index is 761. The molecule has 6 nitrogen and oxygen atoms in total. The number of ether oxygens (including phenoxy) is 1. The molecule has 0 radical (unpaired) electrons. The van der Waals surface area contributed by atoms with E-state index in [1.165, 1.54) is 0 Å². The smallest absolute Gasteiger partial charge is 0.340 e. The van der Waals surface area contributed by atoms with E-state index in [-0.39, 0.29) is 35.1 Å². The lowest BCUT2D eigenvalue weighted by atomic mass is 9.79. The summed E-state index contributed by atoms with van der Waals surface area (Å²) in [5.74, 6) is -0.398. The van der Waals surface area contributed by atoms with Crippen LogP contribution in [0.1, 0.15) is 106 Å². The van der Waals surface area contributed by atoms with Crippen molar-refractivity contribution in [2.45, 2.75) is 111 Å². The second kappa shape index (κ2) is 9.13. The van der Waals surface area contributed by atoms with Crippen molar-refractivity contribution in [3.8, 4) is 0 Å². The lowest BCUT2D eigenvalue weighted by Gasteiger charge is -2.49. The number of amides is 1. The Balaban J connectivity index is 2.39. The molecule has 0 bridgehead atoms. The van der Waals surface area contributed by atoms with Gasteiger partial charge in [0.15, 0.2) is 0 Å². The zero-order valence-electron chi connectivity index (χ0n) is 20.4. The van der Waals surface area contributed by atoms with Crippen molar-refractivity contribution >= 4 is 11.9 Å². The molecule has 0 aliphatic carbocycles. The predicted octanol–water partition coefficient (Wildman–Crippen LogP) is 4.75. The molecule has 0 aromatic carbocycles. The number of carbonyl (C=O) groups is 2. The number of carbonyl (C=O) groups excluding carboxylic acids is 2. The van der Waals surface area contributed by atoms with Gasteiger partial charge in [-0.1, -0.05) is 13.3 Å². The van der Waals surface area contributed by atoms with Gasteiger partial charge in [-0.3, -0.25) is 4.79 Å². The first-order valence-electron chi connectivity index (χ1n) is 11.3. The van der Waals surface area contributed by atoms with Crippen LogP contribution in [0.25, 0.3) is 0 Å². The second-order valence-electron chi connectivity index (χ2n) is 10.4. The fraction of sp³-hybridized carbons (Fsp3) is 0.750. The van der Waals surface area contributed by atoms with E-state index in [2.05, 4.69) is 44.9 Å². The van der Waals surface area contributed by atoms with Crippen LogP contribution >= 0.6 is 0 Å². The molecular formula is C24H41N3O3. The van der Waals surface area contributed by atoms with Crippen LogP contribution in [0.5, 0.6) is 0 Å². The summed E-state index contributed by atoms with van der Waals surface area (Å²) in [7, 11) is 0. The maximum absolute atomic E-state index is 13.7. The third-order valence-electron chi connectivity index (χ3n) is 5.82. The minimum absolute atomic E-state index is 0.0221. The molecule has 1 amide bonds. The highest BCUT2D eigenvalue weighted by atomic mass is 16.5. The summed E-state index contributed by atoms with van der Waals surface area (Å²) < 4.78 is 5.40. The van der Waals surface area contributed by atoms with Gasteiger partial charge in [0.1, 0.15) is 5.69 Å². The van der Waals surface area contributed by atoms with Crippen LogP contribution in [0.15, 0.2) is 0 Å². The van der Waals surface area contributed by atoms with Gasteiger partial charge in [-0.2, -0.15) is 0 Å². The van der Waals surface area contributed by atoms with Crippen LogP contribution in [0.4, 0.5) is 0 Å². The first-order chi connectivity index (χ1) is 13.8. The van der Waals surface area contributed by atoms with Crippen molar-refractivity contribution in [1.82, 2.24) is 15.2 Å². The van der Waals surface area contributed by atoms with E-state index in [1.807, 2.05) is 32.6 Å². The molecule has 0 spiro atoms. The molecule has 1 fully saturated rings. The summed E-state index contributed by atoms with van der Waals surface area (Å²) in [6, 6.07) is 0.143. The number of aromatic nitrogens is 1. The van der Waals surface area contributed by atoms with Gasteiger partial charge in [-0.05, 0) is 80.2 Å². The maximum Gasteiger partial charge on any atom is 0.340 e. The molecule has 6 heteroatoms. The van der Waals surface area contributed by atoms with Crippen LogP contribution < -0.4 is 5.32 Å². The third-order valence-corrected chi connectivity index (χ3v) is 5.82. The number of piperidine rings is 1. The number of hydrogen-bond acceptors (Lipinski definition) is 4. The Morgan fingerprint density at radius 1 is 1.13 bits per heavy atom. The Morgan fingerprint density at radius 3 is 2.20 bits per heavy atom. The van der Waals surface area contributed by atoms with Crippen LogP contribution in [0, 0.1) is 13.8 Å². The molecule has 2 rings (SSSR count). The molecule has 2 N–H and O–H groups in total. The fourth-order valence-corrected chi connectivity index (χ4v) is 4.95. The lowest BCUT2D eigenvalue weighted by molar-refractivity contribution is 0.0376. The van der Waals surface area contributed by atoms with E-state index >= 15 is 0 Å². The van der Waals surface area contributed by atoms with Crippen molar-refractivity contribution in [3.05, 3.63) is 22.5 Å². The molecule has 1 aliphatic heterocycles. The van der Waals surface area contributed by atoms with E-state index in [1.54, 1.807) is 0 Å². The molecule has 30 heavy (non-hydrogen) atoms. The van der Waals surface area contributed by atoms with E-state index in [4.69, 9.17) is 4.74 Å². The van der Waals surface area contributed by atoms with Crippen molar-refractivity contribution in [1.29, 1.82) is 0 Å². The number of H-pyrrole nitrogens is 1. The second-order valence-corrected chi connectivity index (χ2v) is 10.4. The minimum Gasteiger partial charge on any atom is -0.459 e. The molecule has 1 aliphatic rings. The quantitative estimate of drug-likeness (QED) is 0.626. The molecule has 0 unspecified atom stereocenters. The highest BCUT2D eigenvalue weighted by Gasteiger charge is 2.41. The number of aromatic amines is 1. The minimum atomic E-state index is -0.375. The Labute approximate surface area is 182 Å². The average Bonchev–Trinajstić information content (AvgIpc) is 2.86. The number of hydrogen-bond donors (Lipinski definition) is 2. The van der Waals surface area contributed by atoms with Crippen molar-refractivity contribution in [2.24, 2.45) is 0 Å². The number of aryl methyl sites for hydroxylation is 1. The van der Waals surface area contributed by atoms with E-state index in [0.29, 0.717) is 22.5 Å². The Kier molecular flexibility index (Phi) is 7.44. The Hall–Kier alpha value is -1.82. The van der Waals surface area contributed by atoms with Crippen molar-refractivity contribution in [2.75, 3.05) is 6.54 Å². The SMILES string of the molecule is CCCCN(C(=O)c1[nH]c(C)c(C(=O)OC(C)C)c1C)C1CC(C)(C)NC(C)(C)C1. The van der Waals surface area contributed by atoms with Gasteiger partial charge in [0.2, 0.25) is 0 Å². The number of esters is 1. The highest BCUT2D eigenvalue weighted by Crippen LogP contribution is 2.33. The van der Waals surface area contributed by atoms with Gasteiger partial charge in [-0.15, -0.1) is 0 Å². The van der Waals surface area contributed by atoms with Gasteiger partial charge in [0.25, 0.3) is 5.91 Å². The highest BCUT2D eigenvalue weighted by molar-refractivity contribution is 6.00. The number of nitrogens with zero attached hydrogens (tertiary/aromatic N) is 1. The monoisotopic (exact) mass is 419 g/mol. The summed E-state index contributed by atoms with van der Waals surface area (Å²) in [6.45, 7) is 19.0. The normalized spacial score (nSPS) is 18.5. The number of unbranched alkanes of at least 4 members (excludes halogenated alkanes) is 1. The predicted molar refractivity (Wildman–Crippen MR) is 121 cm³/mol. The van der Waals surface area contributed by atoms with Gasteiger partial charge in [0, 0.05) is 29.4 Å². The fourth-order valence-electron chi connectivity index (χ4n) is 4.95. The van der Waals surface area contributed by atoms with E-state index in [9.17, 15) is 9.59 Å². The van der Waals surface area contributed by atoms with Crippen LogP contribution in [-0.4, -0.2) is 51.5 Å². The lowest BCUT2D eigenvalue weighted by Crippen LogP contribution is -2.63. The first-order valence-corrected chi connectivity index (χ1v) is 11.3. The molecule has 1 aromatic heterocycles. The zero-order chi connectivity index (χ0) is 22.9. The Morgan fingerprint density at radius 2 is 1.70 bits per heavy atom. The third kappa shape index (κ3) is 5.65. The average molecular weight is 420 g/mol. The van der Waals surface area contributed by atoms with Crippen LogP contribution in [0.3, 0.4) is 0 Å². The molecule has 0 saturated carbocycles. The van der Waals surface area contributed by atoms with Crippen molar-refractivity contribution in [3.63, 3.8) is 0 Å². The summed E-state index contributed by atoms with van der Waals surface area (Å²) in [5.41, 5.74) is 2.25. The summed E-state index contributed by atoms with van der Waals surface area (Å²) in [4.78, 5) is 31.5. The molecule has 1 aromatic rings. The molecule has 0 atom stereocenters. The van der Waals surface area contributed by atoms with E-state index < -0.39 is 0 Å². The summed E-state index contributed by atoms with van der Waals surface area (Å²) >= 11 is 0. The largest absolute Gasteiger partial charge is 0.459 e.